The lowest BCUT2D eigenvalue weighted by molar-refractivity contribution is 0.628. The van der Waals surface area contributed by atoms with Crippen molar-refractivity contribution in [1.82, 2.24) is 19.6 Å². The van der Waals surface area contributed by atoms with E-state index in [2.05, 4.69) is 20.4 Å². The van der Waals surface area contributed by atoms with Crippen LogP contribution >= 0.6 is 0 Å². The number of nitrogens with zero attached hydrogens (tertiary/aromatic N) is 3. The van der Waals surface area contributed by atoms with Gasteiger partial charge in [-0.1, -0.05) is 18.2 Å². The normalized spacial score (nSPS) is 11.2. The van der Waals surface area contributed by atoms with E-state index in [9.17, 15) is 4.39 Å². The van der Waals surface area contributed by atoms with Crippen LogP contribution in [0.15, 0.2) is 48.5 Å². The molecule has 20 heavy (non-hydrogen) atoms. The van der Waals surface area contributed by atoms with Gasteiger partial charge in [-0.3, -0.25) is 5.10 Å². The van der Waals surface area contributed by atoms with Crippen LogP contribution in [0.4, 0.5) is 16.0 Å². The zero-order valence-electron chi connectivity index (χ0n) is 10.3. The first-order chi connectivity index (χ1) is 9.79. The second kappa shape index (κ2) is 4.06. The Hall–Kier alpha value is -2.89. The minimum Gasteiger partial charge on any atom is -0.324 e. The smallest absolute Gasteiger partial charge is 0.253 e. The van der Waals surface area contributed by atoms with Gasteiger partial charge in [0.15, 0.2) is 0 Å². The fourth-order valence-electron chi connectivity index (χ4n) is 2.19. The summed E-state index contributed by atoms with van der Waals surface area (Å²) in [6.07, 6.45) is 0. The first kappa shape index (κ1) is 11.0. The highest BCUT2D eigenvalue weighted by atomic mass is 19.1. The number of H-pyrrole nitrogens is 1. The monoisotopic (exact) mass is 267 g/mol. The van der Waals surface area contributed by atoms with Gasteiger partial charge in [-0.2, -0.15) is 4.98 Å². The molecule has 2 aromatic carbocycles. The Morgan fingerprint density at radius 1 is 1.05 bits per heavy atom. The highest BCUT2D eigenvalue weighted by Gasteiger charge is 2.09. The van der Waals surface area contributed by atoms with E-state index in [1.54, 1.807) is 16.6 Å². The average Bonchev–Trinajstić information content (AvgIpc) is 2.95. The zero-order valence-corrected chi connectivity index (χ0v) is 10.3. The fourth-order valence-corrected chi connectivity index (χ4v) is 2.19. The Morgan fingerprint density at radius 2 is 1.95 bits per heavy atom. The van der Waals surface area contributed by atoms with Crippen molar-refractivity contribution in [1.29, 1.82) is 0 Å². The molecule has 0 bridgehead atoms. The molecule has 2 heterocycles. The number of halogens is 1. The van der Waals surface area contributed by atoms with Gasteiger partial charge in [0.1, 0.15) is 5.82 Å². The largest absolute Gasteiger partial charge is 0.324 e. The molecule has 0 aliphatic rings. The molecular formula is C14H10FN5. The van der Waals surface area contributed by atoms with Crippen molar-refractivity contribution in [3.8, 4) is 0 Å². The molecule has 5 nitrogen and oxygen atoms in total. The molecule has 2 N–H and O–H groups in total. The quantitative estimate of drug-likeness (QED) is 0.586. The van der Waals surface area contributed by atoms with Crippen molar-refractivity contribution in [3.63, 3.8) is 0 Å². The van der Waals surface area contributed by atoms with Crippen LogP contribution in [0.3, 0.4) is 0 Å². The highest BCUT2D eigenvalue weighted by molar-refractivity contribution is 5.79. The second-order valence-electron chi connectivity index (χ2n) is 4.44. The predicted octanol–water partition coefficient (Wildman–Crippen LogP) is 3.09. The Balaban J connectivity index is 1.77. The summed E-state index contributed by atoms with van der Waals surface area (Å²) in [5.74, 6) is 0.797. The Bertz CT molecular complexity index is 908. The van der Waals surface area contributed by atoms with E-state index in [4.69, 9.17) is 0 Å². The number of aromatic nitrogens is 4. The fraction of sp³-hybridized carbons (Fsp3) is 0. The summed E-state index contributed by atoms with van der Waals surface area (Å²) in [6.45, 7) is 0. The van der Waals surface area contributed by atoms with Gasteiger partial charge < -0.3 is 5.32 Å². The number of hydrogen-bond donors (Lipinski definition) is 2. The van der Waals surface area contributed by atoms with E-state index in [1.165, 1.54) is 12.1 Å². The molecule has 0 radical (unpaired) electrons. The standard InChI is InChI=1S/C14H10FN5/c15-9-4-3-5-10(8-9)16-13-18-14-17-11-6-1-2-7-12(11)20(14)19-13/h1-8H,(H2,16,17,18,19). The highest BCUT2D eigenvalue weighted by Crippen LogP contribution is 2.18. The lowest BCUT2D eigenvalue weighted by Gasteiger charge is -2.01. The number of nitrogens with one attached hydrogen (secondary N) is 2. The summed E-state index contributed by atoms with van der Waals surface area (Å²) in [7, 11) is 0. The van der Waals surface area contributed by atoms with Crippen LogP contribution in [0.5, 0.6) is 0 Å². The van der Waals surface area contributed by atoms with Gasteiger partial charge in [-0.25, -0.2) is 13.9 Å². The van der Waals surface area contributed by atoms with Crippen molar-refractivity contribution in [2.45, 2.75) is 0 Å². The Morgan fingerprint density at radius 3 is 2.85 bits per heavy atom. The molecule has 0 atom stereocenters. The third-order valence-corrected chi connectivity index (χ3v) is 3.06. The number of benzene rings is 2. The number of anilines is 2. The van der Waals surface area contributed by atoms with Crippen LogP contribution in [-0.2, 0) is 0 Å². The molecule has 0 saturated carbocycles. The maximum atomic E-state index is 13.1. The van der Waals surface area contributed by atoms with Gasteiger partial charge in [0.25, 0.3) is 5.78 Å². The van der Waals surface area contributed by atoms with E-state index >= 15 is 0 Å². The van der Waals surface area contributed by atoms with Crippen molar-refractivity contribution in [3.05, 3.63) is 54.3 Å². The molecule has 4 aromatic rings. The summed E-state index contributed by atoms with van der Waals surface area (Å²) in [4.78, 5) is 8.74. The van der Waals surface area contributed by atoms with Crippen LogP contribution in [0, 0.1) is 5.82 Å². The number of aromatic amines is 1. The van der Waals surface area contributed by atoms with Crippen LogP contribution in [0.25, 0.3) is 16.8 Å². The number of fused-ring (bicyclic) bond motifs is 3. The van der Waals surface area contributed by atoms with Crippen LogP contribution in [0.2, 0.25) is 0 Å². The Kier molecular flexibility index (Phi) is 2.23. The lowest BCUT2D eigenvalue weighted by Crippen LogP contribution is -1.94. The van der Waals surface area contributed by atoms with Gasteiger partial charge >= 0.3 is 0 Å². The number of imidazole rings is 1. The number of rotatable bonds is 2. The van der Waals surface area contributed by atoms with Gasteiger partial charge in [0, 0.05) is 5.69 Å². The molecule has 0 aliphatic heterocycles. The molecule has 0 aliphatic carbocycles. The van der Waals surface area contributed by atoms with Crippen LogP contribution < -0.4 is 5.32 Å². The number of hydrogen-bond acceptors (Lipinski definition) is 3. The molecule has 0 unspecified atom stereocenters. The number of para-hydroxylation sites is 2. The maximum absolute atomic E-state index is 13.1. The molecule has 0 fully saturated rings. The Labute approximate surface area is 113 Å². The first-order valence-corrected chi connectivity index (χ1v) is 6.15. The van der Waals surface area contributed by atoms with E-state index in [0.717, 1.165) is 11.0 Å². The molecule has 0 spiro atoms. The third kappa shape index (κ3) is 1.70. The molecule has 6 heteroatoms. The van der Waals surface area contributed by atoms with Crippen molar-refractivity contribution >= 4 is 28.4 Å². The van der Waals surface area contributed by atoms with Gasteiger partial charge in [0.2, 0.25) is 5.95 Å². The van der Waals surface area contributed by atoms with Crippen molar-refractivity contribution in [2.75, 3.05) is 5.32 Å². The van der Waals surface area contributed by atoms with E-state index in [0.29, 0.717) is 17.4 Å². The summed E-state index contributed by atoms with van der Waals surface area (Å²) in [6, 6.07) is 14.0. The van der Waals surface area contributed by atoms with E-state index < -0.39 is 0 Å². The van der Waals surface area contributed by atoms with Crippen molar-refractivity contribution < 1.29 is 4.39 Å². The van der Waals surface area contributed by atoms with Gasteiger partial charge in [-0.05, 0) is 30.3 Å². The molecule has 0 saturated heterocycles. The zero-order chi connectivity index (χ0) is 13.5. The van der Waals surface area contributed by atoms with Crippen LogP contribution in [0.1, 0.15) is 0 Å². The second-order valence-corrected chi connectivity index (χ2v) is 4.44. The molecule has 98 valence electrons. The maximum Gasteiger partial charge on any atom is 0.253 e. The lowest BCUT2D eigenvalue weighted by atomic mass is 10.3. The summed E-state index contributed by atoms with van der Waals surface area (Å²) >= 11 is 0. The van der Waals surface area contributed by atoms with E-state index in [-0.39, 0.29) is 5.82 Å². The topological polar surface area (TPSA) is 58.0 Å². The van der Waals surface area contributed by atoms with Gasteiger partial charge in [0.05, 0.1) is 11.0 Å². The average molecular weight is 267 g/mol. The summed E-state index contributed by atoms with van der Waals surface area (Å²) in [5, 5.41) is 6.11. The molecule has 0 amide bonds. The molecule has 4 rings (SSSR count). The van der Waals surface area contributed by atoms with E-state index in [1.807, 2.05) is 24.3 Å². The molecule has 2 aromatic heterocycles. The summed E-state index contributed by atoms with van der Waals surface area (Å²) in [5.41, 5.74) is 2.46. The minimum atomic E-state index is -0.295. The van der Waals surface area contributed by atoms with Gasteiger partial charge in [-0.15, -0.1) is 0 Å². The van der Waals surface area contributed by atoms with Crippen LogP contribution in [-0.4, -0.2) is 19.6 Å². The first-order valence-electron chi connectivity index (χ1n) is 6.15. The predicted molar refractivity (Wildman–Crippen MR) is 74.5 cm³/mol. The van der Waals surface area contributed by atoms with Crippen molar-refractivity contribution in [2.24, 2.45) is 0 Å². The SMILES string of the molecule is Fc1cccc(Nc2nc3nc4ccccc4n3[nH]2)c1. The molecular weight excluding hydrogens is 257 g/mol. The third-order valence-electron chi connectivity index (χ3n) is 3.06. The summed E-state index contributed by atoms with van der Waals surface area (Å²) < 4.78 is 14.9. The minimum absolute atomic E-state index is 0.295.